The largest absolute Gasteiger partial charge is 0.396 e. The number of hydrogen-bond donors (Lipinski definition) is 2. The van der Waals surface area contributed by atoms with Gasteiger partial charge >= 0.3 is 5.69 Å². The number of halogens is 1. The van der Waals surface area contributed by atoms with Crippen molar-refractivity contribution in [2.45, 2.75) is 20.3 Å². The molecule has 0 aliphatic rings. The van der Waals surface area contributed by atoms with E-state index in [1.54, 1.807) is 0 Å². The fraction of sp³-hybridized carbons (Fsp3) is 0.462. The summed E-state index contributed by atoms with van der Waals surface area (Å²) in [5.41, 5.74) is -0.758. The van der Waals surface area contributed by atoms with Crippen LogP contribution in [-0.2, 0) is 0 Å². The van der Waals surface area contributed by atoms with Gasteiger partial charge in [-0.25, -0.2) is 0 Å². The minimum atomic E-state index is -0.671. The molecule has 6 nitrogen and oxygen atoms in total. The first-order valence-corrected chi connectivity index (χ1v) is 6.48. The molecule has 110 valence electrons. The lowest BCUT2D eigenvalue weighted by molar-refractivity contribution is -0.385. The molecule has 0 fully saturated rings. The molecule has 1 aromatic rings. The molecule has 2 N–H and O–H groups in total. The molecule has 0 aromatic heterocycles. The number of carbonyl (C=O) groups excluding carboxylic acids is 1. The summed E-state index contributed by atoms with van der Waals surface area (Å²) in [6.45, 7) is 4.09. The Hall–Kier alpha value is -1.66. The summed E-state index contributed by atoms with van der Waals surface area (Å²) in [7, 11) is 0. The zero-order valence-corrected chi connectivity index (χ0v) is 12.1. The van der Waals surface area contributed by atoms with Gasteiger partial charge in [0.25, 0.3) is 5.91 Å². The van der Waals surface area contributed by atoms with Crippen molar-refractivity contribution in [3.05, 3.63) is 38.9 Å². The van der Waals surface area contributed by atoms with E-state index in [-0.39, 0.29) is 22.6 Å². The highest BCUT2D eigenvalue weighted by Crippen LogP contribution is 2.28. The topological polar surface area (TPSA) is 92.5 Å². The highest BCUT2D eigenvalue weighted by molar-refractivity contribution is 6.33. The van der Waals surface area contributed by atoms with Crippen LogP contribution in [0.5, 0.6) is 0 Å². The molecule has 0 heterocycles. The van der Waals surface area contributed by atoms with Gasteiger partial charge in [-0.2, -0.15) is 0 Å². The first-order valence-electron chi connectivity index (χ1n) is 6.10. The van der Waals surface area contributed by atoms with Crippen LogP contribution < -0.4 is 5.32 Å². The third kappa shape index (κ3) is 4.18. The lowest BCUT2D eigenvalue weighted by Crippen LogP contribution is -2.34. The quantitative estimate of drug-likeness (QED) is 0.623. The van der Waals surface area contributed by atoms with Gasteiger partial charge in [-0.15, -0.1) is 0 Å². The number of nitrogens with zero attached hydrogens (tertiary/aromatic N) is 1. The van der Waals surface area contributed by atoms with E-state index in [1.807, 2.05) is 13.8 Å². The lowest BCUT2D eigenvalue weighted by Gasteiger charge is -2.23. The van der Waals surface area contributed by atoms with Crippen molar-refractivity contribution < 1.29 is 14.8 Å². The number of nitro benzene ring substituents is 1. The van der Waals surface area contributed by atoms with Crippen molar-refractivity contribution in [3.63, 3.8) is 0 Å². The van der Waals surface area contributed by atoms with Gasteiger partial charge in [-0.05, 0) is 24.0 Å². The number of aliphatic hydroxyl groups is 1. The van der Waals surface area contributed by atoms with E-state index in [2.05, 4.69) is 5.32 Å². The second kappa shape index (κ2) is 6.67. The Morgan fingerprint density at radius 2 is 2.15 bits per heavy atom. The van der Waals surface area contributed by atoms with Gasteiger partial charge in [0.2, 0.25) is 0 Å². The van der Waals surface area contributed by atoms with Crippen LogP contribution in [0.1, 0.15) is 30.6 Å². The predicted octanol–water partition coefficient (Wildman–Crippen LogP) is 2.39. The SMILES string of the molecule is CC(C)(CCO)CNC(=O)c1cccc(Cl)c1[N+](=O)[O-]. The van der Waals surface area contributed by atoms with E-state index in [9.17, 15) is 14.9 Å². The summed E-state index contributed by atoms with van der Waals surface area (Å²) in [5.74, 6) is -0.551. The third-order valence-corrected chi connectivity index (χ3v) is 3.24. The molecule has 0 atom stereocenters. The van der Waals surface area contributed by atoms with E-state index in [4.69, 9.17) is 16.7 Å². The number of amides is 1. The highest BCUT2D eigenvalue weighted by Gasteiger charge is 2.25. The van der Waals surface area contributed by atoms with E-state index in [0.29, 0.717) is 13.0 Å². The van der Waals surface area contributed by atoms with Crippen LogP contribution in [0.2, 0.25) is 5.02 Å². The molecule has 0 aliphatic carbocycles. The Balaban J connectivity index is 2.89. The maximum atomic E-state index is 12.0. The zero-order valence-electron chi connectivity index (χ0n) is 11.4. The molecule has 0 bridgehead atoms. The Bertz CT molecular complexity index is 517. The van der Waals surface area contributed by atoms with Crippen molar-refractivity contribution in [2.24, 2.45) is 5.41 Å². The van der Waals surface area contributed by atoms with Crippen molar-refractivity contribution in [3.8, 4) is 0 Å². The lowest BCUT2D eigenvalue weighted by atomic mass is 9.89. The molecule has 0 radical (unpaired) electrons. The van der Waals surface area contributed by atoms with Gasteiger partial charge in [0.15, 0.2) is 0 Å². The fourth-order valence-corrected chi connectivity index (χ4v) is 1.93. The molecular weight excluding hydrogens is 284 g/mol. The molecule has 1 amide bonds. The zero-order chi connectivity index (χ0) is 15.3. The molecule has 0 spiro atoms. The van der Waals surface area contributed by atoms with Crippen LogP contribution in [0.15, 0.2) is 18.2 Å². The minimum Gasteiger partial charge on any atom is -0.396 e. The number of rotatable bonds is 6. The highest BCUT2D eigenvalue weighted by atomic mass is 35.5. The predicted molar refractivity (Wildman–Crippen MR) is 75.9 cm³/mol. The number of nitro groups is 1. The smallest absolute Gasteiger partial charge is 0.300 e. The Morgan fingerprint density at radius 3 is 2.70 bits per heavy atom. The standard InChI is InChI=1S/C13H17ClN2O4/c1-13(2,6-7-17)8-15-12(18)9-4-3-5-10(14)11(9)16(19)20/h3-5,17H,6-8H2,1-2H3,(H,15,18). The number of nitrogens with one attached hydrogen (secondary N) is 1. The van der Waals surface area contributed by atoms with Gasteiger partial charge in [0.1, 0.15) is 10.6 Å². The van der Waals surface area contributed by atoms with Crippen LogP contribution in [0.3, 0.4) is 0 Å². The van der Waals surface area contributed by atoms with E-state index < -0.39 is 16.5 Å². The van der Waals surface area contributed by atoms with Crippen molar-refractivity contribution in [2.75, 3.05) is 13.2 Å². The van der Waals surface area contributed by atoms with Crippen LogP contribution in [0.4, 0.5) is 5.69 Å². The van der Waals surface area contributed by atoms with Gasteiger partial charge in [-0.1, -0.05) is 31.5 Å². The van der Waals surface area contributed by atoms with E-state index in [1.165, 1.54) is 18.2 Å². The van der Waals surface area contributed by atoms with Crippen LogP contribution in [-0.4, -0.2) is 29.1 Å². The molecule has 0 unspecified atom stereocenters. The molecule has 0 aliphatic heterocycles. The minimum absolute atomic E-state index is 0.0141. The molecule has 0 saturated heterocycles. The third-order valence-electron chi connectivity index (χ3n) is 2.93. The van der Waals surface area contributed by atoms with Crippen molar-refractivity contribution >= 4 is 23.2 Å². The first-order chi connectivity index (χ1) is 9.28. The molecule has 7 heteroatoms. The monoisotopic (exact) mass is 300 g/mol. The number of para-hydroxylation sites is 1. The average molecular weight is 301 g/mol. The molecule has 0 saturated carbocycles. The maximum Gasteiger partial charge on any atom is 0.300 e. The second-order valence-corrected chi connectivity index (χ2v) is 5.62. The fourth-order valence-electron chi connectivity index (χ4n) is 1.69. The normalized spacial score (nSPS) is 11.2. The Labute approximate surface area is 121 Å². The summed E-state index contributed by atoms with van der Waals surface area (Å²) >= 11 is 5.75. The number of hydrogen-bond acceptors (Lipinski definition) is 4. The summed E-state index contributed by atoms with van der Waals surface area (Å²) in [5, 5.41) is 22.4. The van der Waals surface area contributed by atoms with Crippen molar-refractivity contribution in [1.29, 1.82) is 0 Å². The van der Waals surface area contributed by atoms with Gasteiger partial charge in [0, 0.05) is 13.2 Å². The molecule has 1 aromatic carbocycles. The Morgan fingerprint density at radius 1 is 1.50 bits per heavy atom. The summed E-state index contributed by atoms with van der Waals surface area (Å²) in [6, 6.07) is 4.22. The average Bonchev–Trinajstić information content (AvgIpc) is 2.35. The van der Waals surface area contributed by atoms with Crippen LogP contribution in [0.25, 0.3) is 0 Å². The van der Waals surface area contributed by atoms with Gasteiger partial charge in [0.05, 0.1) is 4.92 Å². The molecule has 20 heavy (non-hydrogen) atoms. The van der Waals surface area contributed by atoms with Gasteiger partial charge in [-0.3, -0.25) is 14.9 Å². The molecular formula is C13H17ClN2O4. The van der Waals surface area contributed by atoms with Crippen LogP contribution >= 0.6 is 11.6 Å². The summed E-state index contributed by atoms with van der Waals surface area (Å²) in [4.78, 5) is 22.3. The maximum absolute atomic E-state index is 12.0. The second-order valence-electron chi connectivity index (χ2n) is 5.21. The van der Waals surface area contributed by atoms with Crippen LogP contribution in [0, 0.1) is 15.5 Å². The number of benzene rings is 1. The van der Waals surface area contributed by atoms with Gasteiger partial charge < -0.3 is 10.4 Å². The van der Waals surface area contributed by atoms with Crippen molar-refractivity contribution in [1.82, 2.24) is 5.32 Å². The Kier molecular flexibility index (Phi) is 5.47. The number of carbonyl (C=O) groups is 1. The summed E-state index contributed by atoms with van der Waals surface area (Å²) in [6.07, 6.45) is 0.519. The molecule has 1 rings (SSSR count). The summed E-state index contributed by atoms with van der Waals surface area (Å²) < 4.78 is 0. The van der Waals surface area contributed by atoms with E-state index in [0.717, 1.165) is 0 Å². The number of aliphatic hydroxyl groups excluding tert-OH is 1. The van der Waals surface area contributed by atoms with E-state index >= 15 is 0 Å². The first kappa shape index (κ1) is 16.4.